The average molecular weight is 794 g/mol. The van der Waals surface area contributed by atoms with Crippen LogP contribution in [0, 0.1) is 0 Å². The SMILES string of the molecule is c1ccc(-c2cccc(-c3nc(-c4ccccc4)nc(-n4c5ccccc5c5ccc6c(c54)CC(c4nc5c(ccc7ccc8ccccc8c75)o4)c4ccccc4-6)n3)c2)cc1. The normalized spacial score (nSPS) is 13.6. The zero-order chi connectivity index (χ0) is 40.7. The van der Waals surface area contributed by atoms with E-state index in [2.05, 4.69) is 174 Å². The van der Waals surface area contributed by atoms with Crippen molar-refractivity contribution in [3.05, 3.63) is 211 Å². The quantitative estimate of drug-likeness (QED) is 0.162. The molecule has 62 heavy (non-hydrogen) atoms. The summed E-state index contributed by atoms with van der Waals surface area (Å²) in [5.41, 5.74) is 12.6. The van der Waals surface area contributed by atoms with Crippen LogP contribution in [-0.2, 0) is 6.42 Å². The zero-order valence-corrected chi connectivity index (χ0v) is 33.4. The molecule has 6 heteroatoms. The van der Waals surface area contributed by atoms with Crippen molar-refractivity contribution in [1.82, 2.24) is 24.5 Å². The Bertz CT molecular complexity index is 3740. The largest absolute Gasteiger partial charge is 0.440 e. The van der Waals surface area contributed by atoms with Crippen molar-refractivity contribution >= 4 is 54.5 Å². The van der Waals surface area contributed by atoms with E-state index < -0.39 is 0 Å². The summed E-state index contributed by atoms with van der Waals surface area (Å²) in [6.45, 7) is 0. The van der Waals surface area contributed by atoms with Gasteiger partial charge in [0.15, 0.2) is 17.2 Å². The highest BCUT2D eigenvalue weighted by molar-refractivity contribution is 6.18. The van der Waals surface area contributed by atoms with Crippen molar-refractivity contribution in [2.75, 3.05) is 0 Å². The molecular formula is C56H35N5O. The molecule has 1 unspecified atom stereocenters. The Morgan fingerprint density at radius 1 is 0.468 bits per heavy atom. The van der Waals surface area contributed by atoms with E-state index in [9.17, 15) is 0 Å². The van der Waals surface area contributed by atoms with Gasteiger partial charge in [0.2, 0.25) is 11.8 Å². The smallest absolute Gasteiger partial charge is 0.238 e. The lowest BCUT2D eigenvalue weighted by molar-refractivity contribution is 0.496. The molecule has 0 spiro atoms. The Balaban J connectivity index is 1.05. The molecule has 3 aromatic heterocycles. The van der Waals surface area contributed by atoms with E-state index in [-0.39, 0.29) is 5.92 Å². The predicted molar refractivity (Wildman–Crippen MR) is 250 cm³/mol. The summed E-state index contributed by atoms with van der Waals surface area (Å²) >= 11 is 0. The fraction of sp³-hybridized carbons (Fsp3) is 0.0357. The van der Waals surface area contributed by atoms with Gasteiger partial charge in [-0.05, 0) is 74.2 Å². The molecule has 3 heterocycles. The number of nitrogens with zero attached hydrogens (tertiary/aromatic N) is 5. The van der Waals surface area contributed by atoms with Crippen LogP contribution in [0.4, 0.5) is 0 Å². The number of aromatic nitrogens is 5. The van der Waals surface area contributed by atoms with Gasteiger partial charge in [-0.2, -0.15) is 9.97 Å². The molecule has 0 saturated heterocycles. The van der Waals surface area contributed by atoms with Gasteiger partial charge in [-0.3, -0.25) is 4.57 Å². The highest BCUT2D eigenvalue weighted by Gasteiger charge is 2.33. The minimum atomic E-state index is -0.136. The van der Waals surface area contributed by atoms with Gasteiger partial charge >= 0.3 is 0 Å². The number of benzene rings is 9. The number of fused-ring (bicyclic) bond motifs is 12. The monoisotopic (exact) mass is 793 g/mol. The topological polar surface area (TPSA) is 69.6 Å². The maximum atomic E-state index is 6.84. The molecule has 9 aromatic carbocycles. The van der Waals surface area contributed by atoms with Gasteiger partial charge < -0.3 is 4.42 Å². The summed E-state index contributed by atoms with van der Waals surface area (Å²) < 4.78 is 9.11. The number of hydrogen-bond donors (Lipinski definition) is 0. The van der Waals surface area contributed by atoms with Crippen LogP contribution in [-0.4, -0.2) is 24.5 Å². The molecule has 0 saturated carbocycles. The fourth-order valence-electron chi connectivity index (χ4n) is 9.80. The number of rotatable bonds is 5. The van der Waals surface area contributed by atoms with E-state index in [0.29, 0.717) is 29.9 Å². The second-order valence-corrected chi connectivity index (χ2v) is 16.1. The summed E-state index contributed by atoms with van der Waals surface area (Å²) in [6, 6.07) is 68.1. The molecule has 1 aliphatic rings. The summed E-state index contributed by atoms with van der Waals surface area (Å²) in [5, 5.41) is 6.91. The summed E-state index contributed by atoms with van der Waals surface area (Å²) in [6.07, 6.45) is 0.675. The second-order valence-electron chi connectivity index (χ2n) is 16.1. The minimum absolute atomic E-state index is 0.136. The first-order valence-electron chi connectivity index (χ1n) is 21.1. The van der Waals surface area contributed by atoms with Crippen LogP contribution in [0.3, 0.4) is 0 Å². The van der Waals surface area contributed by atoms with E-state index in [1.54, 1.807) is 0 Å². The highest BCUT2D eigenvalue weighted by Crippen LogP contribution is 2.48. The Labute approximate surface area is 356 Å². The minimum Gasteiger partial charge on any atom is -0.440 e. The van der Waals surface area contributed by atoms with E-state index in [4.69, 9.17) is 24.4 Å². The first kappa shape index (κ1) is 34.6. The molecule has 0 N–H and O–H groups in total. The van der Waals surface area contributed by atoms with Gasteiger partial charge in [-0.15, -0.1) is 0 Å². The molecule has 1 atom stereocenters. The number of hydrogen-bond acceptors (Lipinski definition) is 5. The van der Waals surface area contributed by atoms with E-state index >= 15 is 0 Å². The number of oxazole rings is 1. The van der Waals surface area contributed by atoms with Crippen LogP contribution in [0.1, 0.15) is 22.9 Å². The van der Waals surface area contributed by atoms with Gasteiger partial charge in [0.1, 0.15) is 5.52 Å². The fourth-order valence-corrected chi connectivity index (χ4v) is 9.80. The van der Waals surface area contributed by atoms with Gasteiger partial charge in [0, 0.05) is 27.3 Å². The zero-order valence-electron chi connectivity index (χ0n) is 33.4. The molecule has 0 fully saturated rings. The van der Waals surface area contributed by atoms with Crippen LogP contribution >= 0.6 is 0 Å². The molecule has 0 aliphatic heterocycles. The molecule has 290 valence electrons. The Kier molecular flexibility index (Phi) is 7.63. The molecule has 12 aromatic rings. The van der Waals surface area contributed by atoms with Crippen molar-refractivity contribution < 1.29 is 4.42 Å². The van der Waals surface area contributed by atoms with Crippen molar-refractivity contribution in [2.24, 2.45) is 0 Å². The maximum Gasteiger partial charge on any atom is 0.238 e. The Morgan fingerprint density at radius 2 is 1.15 bits per heavy atom. The molecule has 0 bridgehead atoms. The van der Waals surface area contributed by atoms with Gasteiger partial charge in [-0.25, -0.2) is 9.97 Å². The van der Waals surface area contributed by atoms with Crippen molar-refractivity contribution in [1.29, 1.82) is 0 Å². The first-order valence-corrected chi connectivity index (χ1v) is 21.1. The van der Waals surface area contributed by atoms with E-state index in [1.165, 1.54) is 33.0 Å². The summed E-state index contributed by atoms with van der Waals surface area (Å²) in [5.74, 6) is 2.36. The van der Waals surface area contributed by atoms with Crippen molar-refractivity contribution in [3.63, 3.8) is 0 Å². The maximum absolute atomic E-state index is 6.84. The molecular weight excluding hydrogens is 759 g/mol. The lowest BCUT2D eigenvalue weighted by atomic mass is 9.78. The van der Waals surface area contributed by atoms with Crippen LogP contribution in [0.25, 0.3) is 105 Å². The number of para-hydroxylation sites is 1. The van der Waals surface area contributed by atoms with Crippen LogP contribution in [0.5, 0.6) is 0 Å². The van der Waals surface area contributed by atoms with Crippen LogP contribution < -0.4 is 0 Å². The first-order chi connectivity index (χ1) is 30.7. The molecule has 0 radical (unpaired) electrons. The molecule has 0 amide bonds. The molecule has 1 aliphatic carbocycles. The van der Waals surface area contributed by atoms with Gasteiger partial charge in [0.05, 0.1) is 17.0 Å². The standard InChI is InChI=1S/C56H35N5O/c1-3-14-34(15-4-1)38-19-13-20-39(32-38)54-58-53(37-17-5-2-6-18-37)59-56(60-54)61-48-25-12-11-24-44(48)45-30-29-43-41-22-9-10-23-42(41)47(33-46(43)52(45)61)55-57-51-49(62-55)31-28-36-27-26-35-16-7-8-21-40(35)50(36)51/h1-32,47H,33H2. The van der Waals surface area contributed by atoms with Crippen LogP contribution in [0.2, 0.25) is 0 Å². The lowest BCUT2D eigenvalue weighted by Gasteiger charge is -2.27. The Morgan fingerprint density at radius 3 is 2.02 bits per heavy atom. The molecule has 13 rings (SSSR count). The highest BCUT2D eigenvalue weighted by atomic mass is 16.3. The van der Waals surface area contributed by atoms with Crippen LogP contribution in [0.15, 0.2) is 199 Å². The summed E-state index contributed by atoms with van der Waals surface area (Å²) in [4.78, 5) is 21.2. The van der Waals surface area contributed by atoms with E-state index in [0.717, 1.165) is 65.9 Å². The third-order valence-corrected chi connectivity index (χ3v) is 12.6. The van der Waals surface area contributed by atoms with Crippen molar-refractivity contribution in [3.8, 4) is 51.0 Å². The average Bonchev–Trinajstić information content (AvgIpc) is 3.94. The third-order valence-electron chi connectivity index (χ3n) is 12.6. The van der Waals surface area contributed by atoms with Crippen molar-refractivity contribution in [2.45, 2.75) is 12.3 Å². The second kappa shape index (κ2) is 13.7. The summed E-state index contributed by atoms with van der Waals surface area (Å²) in [7, 11) is 0. The lowest BCUT2D eigenvalue weighted by Crippen LogP contribution is -2.15. The van der Waals surface area contributed by atoms with Gasteiger partial charge in [0.25, 0.3) is 0 Å². The predicted octanol–water partition coefficient (Wildman–Crippen LogP) is 13.8. The molecule has 6 nitrogen and oxygen atoms in total. The third kappa shape index (κ3) is 5.36. The Hall–Kier alpha value is -8.22. The van der Waals surface area contributed by atoms with Gasteiger partial charge in [-0.1, -0.05) is 176 Å². The van der Waals surface area contributed by atoms with E-state index in [1.807, 2.05) is 24.3 Å².